The van der Waals surface area contributed by atoms with Crippen LogP contribution in [-0.2, 0) is 0 Å². The van der Waals surface area contributed by atoms with Gasteiger partial charge in [-0.05, 0) is 44.9 Å². The van der Waals surface area contributed by atoms with Crippen molar-refractivity contribution in [2.75, 3.05) is 0 Å². The summed E-state index contributed by atoms with van der Waals surface area (Å²) in [6.07, 6.45) is 0.726. The highest BCUT2D eigenvalue weighted by Gasteiger charge is 2.12. The topological polar surface area (TPSA) is 75.4 Å². The smallest absolute Gasteiger partial charge is 0.251 e. The number of benzene rings is 1. The van der Waals surface area contributed by atoms with Crippen LogP contribution >= 0.6 is 0 Å². The van der Waals surface area contributed by atoms with Crippen LogP contribution in [0.25, 0.3) is 0 Å². The molecule has 0 heterocycles. The molecular formula is C13H20N2O2. The van der Waals surface area contributed by atoms with E-state index in [2.05, 4.69) is 5.32 Å². The highest BCUT2D eigenvalue weighted by atomic mass is 16.3. The fraction of sp³-hybridized carbons (Fsp3) is 0.462. The zero-order valence-corrected chi connectivity index (χ0v) is 10.5. The van der Waals surface area contributed by atoms with Gasteiger partial charge in [0, 0.05) is 17.6 Å². The fourth-order valence-electron chi connectivity index (χ4n) is 1.67. The van der Waals surface area contributed by atoms with Gasteiger partial charge in [0.15, 0.2) is 0 Å². The molecule has 0 radical (unpaired) electrons. The van der Waals surface area contributed by atoms with E-state index in [1.807, 2.05) is 13.8 Å². The minimum absolute atomic E-state index is 0.0194. The zero-order valence-electron chi connectivity index (χ0n) is 10.5. The monoisotopic (exact) mass is 236 g/mol. The van der Waals surface area contributed by atoms with Gasteiger partial charge in [0.25, 0.3) is 5.91 Å². The molecule has 2 unspecified atom stereocenters. The molecule has 1 aromatic carbocycles. The Labute approximate surface area is 102 Å². The number of rotatable bonds is 4. The number of phenols is 1. The van der Waals surface area contributed by atoms with Crippen LogP contribution in [0.4, 0.5) is 0 Å². The maximum atomic E-state index is 11.8. The first-order chi connectivity index (χ1) is 7.90. The molecule has 0 saturated carbocycles. The maximum Gasteiger partial charge on any atom is 0.251 e. The van der Waals surface area contributed by atoms with Crippen LogP contribution < -0.4 is 11.1 Å². The number of nitrogens with one attached hydrogen (secondary N) is 1. The van der Waals surface area contributed by atoms with Gasteiger partial charge in [-0.1, -0.05) is 6.07 Å². The highest BCUT2D eigenvalue weighted by Crippen LogP contribution is 2.17. The van der Waals surface area contributed by atoms with Crippen molar-refractivity contribution < 1.29 is 9.90 Å². The maximum absolute atomic E-state index is 11.8. The molecule has 0 aromatic heterocycles. The summed E-state index contributed by atoms with van der Waals surface area (Å²) in [5, 5.41) is 12.4. The number of aryl methyl sites for hydroxylation is 1. The number of hydrogen-bond donors (Lipinski definition) is 3. The first-order valence-corrected chi connectivity index (χ1v) is 5.76. The van der Waals surface area contributed by atoms with E-state index in [4.69, 9.17) is 5.73 Å². The van der Waals surface area contributed by atoms with Crippen molar-refractivity contribution in [3.05, 3.63) is 29.3 Å². The molecule has 4 heteroatoms. The lowest BCUT2D eigenvalue weighted by atomic mass is 10.1. The summed E-state index contributed by atoms with van der Waals surface area (Å²) >= 11 is 0. The Bertz CT molecular complexity index is 402. The zero-order chi connectivity index (χ0) is 13.0. The van der Waals surface area contributed by atoms with Gasteiger partial charge < -0.3 is 16.2 Å². The van der Waals surface area contributed by atoms with E-state index in [1.54, 1.807) is 19.1 Å². The quantitative estimate of drug-likeness (QED) is 0.742. The predicted molar refractivity (Wildman–Crippen MR) is 68.0 cm³/mol. The molecule has 2 atom stereocenters. The number of carbonyl (C=O) groups is 1. The van der Waals surface area contributed by atoms with Gasteiger partial charge in [-0.3, -0.25) is 4.79 Å². The third-order valence-corrected chi connectivity index (χ3v) is 2.57. The molecule has 1 aromatic rings. The fourth-order valence-corrected chi connectivity index (χ4v) is 1.67. The van der Waals surface area contributed by atoms with Crippen molar-refractivity contribution in [1.82, 2.24) is 5.32 Å². The summed E-state index contributed by atoms with van der Waals surface area (Å²) in [7, 11) is 0. The molecule has 94 valence electrons. The average molecular weight is 236 g/mol. The van der Waals surface area contributed by atoms with Crippen LogP contribution in [0.1, 0.15) is 36.2 Å². The molecule has 0 bridgehead atoms. The molecule has 1 rings (SSSR count). The van der Waals surface area contributed by atoms with Crippen molar-refractivity contribution in [2.45, 2.75) is 39.3 Å². The van der Waals surface area contributed by atoms with E-state index in [0.717, 1.165) is 12.0 Å². The van der Waals surface area contributed by atoms with Crippen LogP contribution in [0.15, 0.2) is 18.2 Å². The lowest BCUT2D eigenvalue weighted by molar-refractivity contribution is 0.0937. The molecule has 0 fully saturated rings. The molecule has 0 aliphatic carbocycles. The first kappa shape index (κ1) is 13.5. The van der Waals surface area contributed by atoms with Crippen molar-refractivity contribution in [1.29, 1.82) is 0 Å². The Morgan fingerprint density at radius 2 is 2.12 bits per heavy atom. The van der Waals surface area contributed by atoms with Crippen molar-refractivity contribution in [3.63, 3.8) is 0 Å². The van der Waals surface area contributed by atoms with Gasteiger partial charge in [-0.2, -0.15) is 0 Å². The molecule has 4 nitrogen and oxygen atoms in total. The molecule has 0 spiro atoms. The van der Waals surface area contributed by atoms with Gasteiger partial charge in [-0.15, -0.1) is 0 Å². The summed E-state index contributed by atoms with van der Waals surface area (Å²) in [6.45, 7) is 5.60. The Kier molecular flexibility index (Phi) is 4.52. The number of carbonyl (C=O) groups excluding carboxylic acids is 1. The molecular weight excluding hydrogens is 216 g/mol. The van der Waals surface area contributed by atoms with Gasteiger partial charge in [0.1, 0.15) is 5.75 Å². The Morgan fingerprint density at radius 3 is 2.65 bits per heavy atom. The number of nitrogens with two attached hydrogens (primary N) is 1. The standard InChI is InChI=1S/C13H20N2O2/c1-8-4-5-11(7-12(8)16)13(17)15-10(3)6-9(2)14/h4-5,7,9-10,16H,6,14H2,1-3H3,(H,15,17). The lowest BCUT2D eigenvalue weighted by Gasteiger charge is -2.16. The van der Waals surface area contributed by atoms with Crippen LogP contribution in [0.2, 0.25) is 0 Å². The largest absolute Gasteiger partial charge is 0.508 e. The van der Waals surface area contributed by atoms with E-state index < -0.39 is 0 Å². The average Bonchev–Trinajstić information content (AvgIpc) is 2.20. The molecule has 0 aliphatic heterocycles. The van der Waals surface area contributed by atoms with Crippen LogP contribution in [0, 0.1) is 6.92 Å². The van der Waals surface area contributed by atoms with Crippen molar-refractivity contribution in [3.8, 4) is 5.75 Å². The van der Waals surface area contributed by atoms with E-state index in [9.17, 15) is 9.90 Å². The van der Waals surface area contributed by atoms with Gasteiger partial charge in [0.2, 0.25) is 0 Å². The molecule has 1 amide bonds. The SMILES string of the molecule is Cc1ccc(C(=O)NC(C)CC(C)N)cc1O. The number of phenolic OH excluding ortho intramolecular Hbond substituents is 1. The summed E-state index contributed by atoms with van der Waals surface area (Å²) in [6, 6.07) is 4.97. The van der Waals surface area contributed by atoms with Gasteiger partial charge >= 0.3 is 0 Å². The second-order valence-corrected chi connectivity index (χ2v) is 4.59. The highest BCUT2D eigenvalue weighted by molar-refractivity contribution is 5.94. The minimum atomic E-state index is -0.187. The van der Waals surface area contributed by atoms with Crippen molar-refractivity contribution in [2.24, 2.45) is 5.73 Å². The Balaban J connectivity index is 2.66. The first-order valence-electron chi connectivity index (χ1n) is 5.76. The van der Waals surface area contributed by atoms with Gasteiger partial charge in [0.05, 0.1) is 0 Å². The normalized spacial score (nSPS) is 14.1. The van der Waals surface area contributed by atoms with Crippen LogP contribution in [0.3, 0.4) is 0 Å². The molecule has 17 heavy (non-hydrogen) atoms. The summed E-state index contributed by atoms with van der Waals surface area (Å²) in [4.78, 5) is 11.8. The van der Waals surface area contributed by atoms with Crippen LogP contribution in [0.5, 0.6) is 5.75 Å². The second kappa shape index (κ2) is 5.68. The molecule has 0 saturated heterocycles. The second-order valence-electron chi connectivity index (χ2n) is 4.59. The number of hydrogen-bond acceptors (Lipinski definition) is 3. The summed E-state index contributed by atoms with van der Waals surface area (Å²) in [5.74, 6) is -0.0501. The molecule has 0 aliphatic rings. The minimum Gasteiger partial charge on any atom is -0.508 e. The van der Waals surface area contributed by atoms with E-state index in [-0.39, 0.29) is 23.7 Å². The van der Waals surface area contributed by atoms with Gasteiger partial charge in [-0.25, -0.2) is 0 Å². The number of amides is 1. The Hall–Kier alpha value is -1.55. The third-order valence-electron chi connectivity index (χ3n) is 2.57. The van der Waals surface area contributed by atoms with E-state index in [1.165, 1.54) is 6.07 Å². The molecule has 4 N–H and O–H groups in total. The van der Waals surface area contributed by atoms with Crippen molar-refractivity contribution >= 4 is 5.91 Å². The van der Waals surface area contributed by atoms with Crippen LogP contribution in [-0.4, -0.2) is 23.1 Å². The Morgan fingerprint density at radius 1 is 1.47 bits per heavy atom. The lowest BCUT2D eigenvalue weighted by Crippen LogP contribution is -2.36. The third kappa shape index (κ3) is 4.07. The predicted octanol–water partition coefficient (Wildman–Crippen LogP) is 1.56. The van der Waals surface area contributed by atoms with E-state index >= 15 is 0 Å². The summed E-state index contributed by atoms with van der Waals surface area (Å²) < 4.78 is 0. The summed E-state index contributed by atoms with van der Waals surface area (Å²) in [5.41, 5.74) is 6.88. The number of aromatic hydroxyl groups is 1. The van der Waals surface area contributed by atoms with E-state index in [0.29, 0.717) is 5.56 Å².